The zero-order valence-electron chi connectivity index (χ0n) is 2.73. The maximum absolute atomic E-state index is 4.76. The van der Waals surface area contributed by atoms with Gasteiger partial charge >= 0.3 is 0 Å². The first-order valence-electron chi connectivity index (χ1n) is 1.00. The third kappa shape index (κ3) is 3.76. The molecule has 1 radical (unpaired) electrons. The fourth-order valence-electron chi connectivity index (χ4n) is 0.0345. The van der Waals surface area contributed by atoms with Crippen molar-refractivity contribution in [3.63, 3.8) is 0 Å². The third-order valence-electron chi connectivity index (χ3n) is 0.126. The molecule has 3 heteroatoms. The molecular formula is C2H3ClNO. The summed E-state index contributed by atoms with van der Waals surface area (Å²) in [4.78, 5) is 4.07. The molecule has 29 valence electrons. The Bertz CT molecular complexity index is 36.6. The molecule has 0 aromatic carbocycles. The van der Waals surface area contributed by atoms with Crippen LogP contribution in [0.1, 0.15) is 0 Å². The van der Waals surface area contributed by atoms with Crippen molar-refractivity contribution in [3.8, 4) is 0 Å². The van der Waals surface area contributed by atoms with Crippen LogP contribution in [-0.2, 0) is 4.84 Å². The molecule has 0 aliphatic rings. The summed E-state index contributed by atoms with van der Waals surface area (Å²) in [5.41, 5.74) is 1.89. The molecule has 0 bridgehead atoms. The molecule has 0 saturated heterocycles. The molecule has 0 saturated carbocycles. The van der Waals surface area contributed by atoms with Gasteiger partial charge in [-0.2, -0.15) is 0 Å². The van der Waals surface area contributed by atoms with E-state index in [1.54, 1.807) is 0 Å². The molecule has 0 aliphatic carbocycles. The Balaban J connectivity index is 2.62. The van der Waals surface area contributed by atoms with Gasteiger partial charge in [-0.05, 0) is 0 Å². The highest BCUT2D eigenvalue weighted by atomic mass is 35.5. The largest absolute Gasteiger partial charge is 0.398 e. The molecule has 0 atom stereocenters. The van der Waals surface area contributed by atoms with E-state index in [0.29, 0.717) is 0 Å². The second-order valence-electron chi connectivity index (χ2n) is 0.358. The van der Waals surface area contributed by atoms with Gasteiger partial charge in [0.2, 0.25) is 5.67 Å². The summed E-state index contributed by atoms with van der Waals surface area (Å²) in [5.74, 6) is 0. The summed E-state index contributed by atoms with van der Waals surface area (Å²) in [5, 5.41) is 2.99. The van der Waals surface area contributed by atoms with Crippen LogP contribution < -0.4 is 0 Å². The minimum atomic E-state index is 1.40. The van der Waals surface area contributed by atoms with E-state index in [1.807, 2.05) is 5.67 Å². The van der Waals surface area contributed by atoms with Gasteiger partial charge in [0.05, 0.1) is 0 Å². The number of hydrogen-bond acceptors (Lipinski definition) is 2. The molecule has 0 aromatic heterocycles. The molecule has 0 unspecified atom stereocenters. The number of hydrogen-bond donors (Lipinski definition) is 0. The zero-order chi connectivity index (χ0) is 4.12. The molecule has 0 heterocycles. The first kappa shape index (κ1) is 4.76. The van der Waals surface area contributed by atoms with Crippen molar-refractivity contribution in [2.24, 2.45) is 5.16 Å². The lowest BCUT2D eigenvalue weighted by Crippen LogP contribution is -1.60. The average molecular weight is 92.5 g/mol. The highest BCUT2D eigenvalue weighted by Gasteiger charge is 1.51. The topological polar surface area (TPSA) is 21.6 Å². The Hall–Kier alpha value is -0.240. The van der Waals surface area contributed by atoms with Gasteiger partial charge in [0, 0.05) is 0 Å². The monoisotopic (exact) mass is 92.0 g/mol. The lowest BCUT2D eigenvalue weighted by Gasteiger charge is -1.72. The van der Waals surface area contributed by atoms with Gasteiger partial charge in [0.1, 0.15) is 7.11 Å². The summed E-state index contributed by atoms with van der Waals surface area (Å²) in [6, 6.07) is 0. The molecule has 5 heavy (non-hydrogen) atoms. The van der Waals surface area contributed by atoms with Crippen LogP contribution in [0.25, 0.3) is 0 Å². The van der Waals surface area contributed by atoms with Crippen LogP contribution in [0.2, 0.25) is 0 Å². The SMILES string of the molecule is CO/N=[C]/Cl. The first-order valence-corrected chi connectivity index (χ1v) is 1.38. The zero-order valence-corrected chi connectivity index (χ0v) is 3.49. The van der Waals surface area contributed by atoms with E-state index < -0.39 is 0 Å². The highest BCUT2D eigenvalue weighted by molar-refractivity contribution is 6.56. The van der Waals surface area contributed by atoms with E-state index >= 15 is 0 Å². The van der Waals surface area contributed by atoms with E-state index in [9.17, 15) is 0 Å². The molecular weight excluding hydrogens is 89.5 g/mol. The van der Waals surface area contributed by atoms with Crippen LogP contribution in [0, 0.1) is 0 Å². The smallest absolute Gasteiger partial charge is 0.209 e. The summed E-state index contributed by atoms with van der Waals surface area (Å²) in [6.07, 6.45) is 0. The lowest BCUT2D eigenvalue weighted by molar-refractivity contribution is 0.216. The summed E-state index contributed by atoms with van der Waals surface area (Å²) >= 11 is 4.76. The van der Waals surface area contributed by atoms with Crippen molar-refractivity contribution >= 4 is 17.3 Å². The van der Waals surface area contributed by atoms with Crippen molar-refractivity contribution in [3.05, 3.63) is 0 Å². The van der Waals surface area contributed by atoms with E-state index in [2.05, 4.69) is 9.99 Å². The van der Waals surface area contributed by atoms with E-state index in [4.69, 9.17) is 11.6 Å². The van der Waals surface area contributed by atoms with Crippen molar-refractivity contribution in [2.45, 2.75) is 0 Å². The summed E-state index contributed by atoms with van der Waals surface area (Å²) < 4.78 is 0. The molecule has 0 aliphatic heterocycles. The molecule has 0 rings (SSSR count). The van der Waals surface area contributed by atoms with Crippen LogP contribution in [0.15, 0.2) is 5.16 Å². The Morgan fingerprint density at radius 3 is 2.60 bits per heavy atom. The molecule has 0 fully saturated rings. The van der Waals surface area contributed by atoms with Crippen LogP contribution in [0.3, 0.4) is 0 Å². The summed E-state index contributed by atoms with van der Waals surface area (Å²) in [6.45, 7) is 0. The van der Waals surface area contributed by atoms with Gasteiger partial charge in [-0.25, -0.2) is 0 Å². The summed E-state index contributed by atoms with van der Waals surface area (Å²) in [7, 11) is 1.40. The third-order valence-corrected chi connectivity index (χ3v) is 0.195. The van der Waals surface area contributed by atoms with Crippen LogP contribution in [-0.4, -0.2) is 12.8 Å². The van der Waals surface area contributed by atoms with Gasteiger partial charge in [-0.1, -0.05) is 16.8 Å². The predicted octanol–water partition coefficient (Wildman–Crippen LogP) is 0.692. The van der Waals surface area contributed by atoms with Crippen molar-refractivity contribution in [1.82, 2.24) is 0 Å². The van der Waals surface area contributed by atoms with E-state index in [1.165, 1.54) is 7.11 Å². The van der Waals surface area contributed by atoms with E-state index in [0.717, 1.165) is 0 Å². The van der Waals surface area contributed by atoms with Crippen LogP contribution in [0.5, 0.6) is 0 Å². The second kappa shape index (κ2) is 3.76. The lowest BCUT2D eigenvalue weighted by atomic mass is 11.7. The van der Waals surface area contributed by atoms with Crippen molar-refractivity contribution in [1.29, 1.82) is 0 Å². The fraction of sp³-hybridized carbons (Fsp3) is 0.500. The molecule has 2 nitrogen and oxygen atoms in total. The Morgan fingerprint density at radius 1 is 2.00 bits per heavy atom. The van der Waals surface area contributed by atoms with Gasteiger partial charge in [0.15, 0.2) is 0 Å². The molecule has 0 N–H and O–H groups in total. The number of rotatable bonds is 1. The van der Waals surface area contributed by atoms with Crippen molar-refractivity contribution < 1.29 is 4.84 Å². The average Bonchev–Trinajstić information content (AvgIpc) is 1.41. The quantitative estimate of drug-likeness (QED) is 0.345. The normalized spacial score (nSPS) is 9.20. The Kier molecular flexibility index (Phi) is 3.58. The van der Waals surface area contributed by atoms with Gasteiger partial charge in [-0.3, -0.25) is 0 Å². The molecule has 0 spiro atoms. The van der Waals surface area contributed by atoms with Crippen molar-refractivity contribution in [2.75, 3.05) is 7.11 Å². The van der Waals surface area contributed by atoms with Gasteiger partial charge < -0.3 is 4.84 Å². The minimum Gasteiger partial charge on any atom is -0.398 e. The fourth-order valence-corrected chi connectivity index (χ4v) is 0.104. The predicted molar refractivity (Wildman–Crippen MR) is 20.3 cm³/mol. The number of nitrogens with zero attached hydrogens (tertiary/aromatic N) is 1. The number of halogens is 1. The standard InChI is InChI=1S/C2H3ClNO/c1-5-4-2-3/h1H3. The second-order valence-corrected chi connectivity index (χ2v) is 0.527. The van der Waals surface area contributed by atoms with Gasteiger partial charge in [0.25, 0.3) is 0 Å². The maximum Gasteiger partial charge on any atom is 0.209 e. The first-order chi connectivity index (χ1) is 2.41. The Labute approximate surface area is 35.4 Å². The molecule has 0 amide bonds. The van der Waals surface area contributed by atoms with Gasteiger partial charge in [-0.15, -0.1) is 0 Å². The maximum atomic E-state index is 4.76. The Morgan fingerprint density at radius 2 is 2.60 bits per heavy atom. The highest BCUT2D eigenvalue weighted by Crippen LogP contribution is 1.64. The minimum absolute atomic E-state index is 1.40. The van der Waals surface area contributed by atoms with Crippen LogP contribution in [0.4, 0.5) is 0 Å². The van der Waals surface area contributed by atoms with Crippen LogP contribution >= 0.6 is 11.6 Å². The molecule has 0 aromatic rings. The van der Waals surface area contributed by atoms with E-state index in [-0.39, 0.29) is 0 Å².